The van der Waals surface area contributed by atoms with E-state index in [-0.39, 0.29) is 5.41 Å². The van der Waals surface area contributed by atoms with Crippen LogP contribution in [0.2, 0.25) is 0 Å². The highest BCUT2D eigenvalue weighted by molar-refractivity contribution is 5.64. The maximum atomic E-state index is 4.50. The van der Waals surface area contributed by atoms with Crippen LogP contribution in [0.15, 0.2) is 66.4 Å². The molecule has 1 aromatic heterocycles. The molecular formula is C21H21N. The van der Waals surface area contributed by atoms with E-state index in [0.29, 0.717) is 11.8 Å². The zero-order valence-electron chi connectivity index (χ0n) is 13.4. The van der Waals surface area contributed by atoms with Gasteiger partial charge in [-0.3, -0.25) is 4.98 Å². The van der Waals surface area contributed by atoms with Gasteiger partial charge in [0.05, 0.1) is 5.69 Å². The summed E-state index contributed by atoms with van der Waals surface area (Å²) in [6, 6.07) is 13.0. The lowest BCUT2D eigenvalue weighted by atomic mass is 9.73. The van der Waals surface area contributed by atoms with E-state index in [9.17, 15) is 0 Å². The molecule has 0 saturated carbocycles. The Morgan fingerprint density at radius 2 is 1.95 bits per heavy atom. The van der Waals surface area contributed by atoms with Crippen molar-refractivity contribution in [1.82, 2.24) is 4.98 Å². The molecule has 2 aromatic rings. The highest BCUT2D eigenvalue weighted by Gasteiger charge is 2.44. The van der Waals surface area contributed by atoms with Gasteiger partial charge in [-0.1, -0.05) is 55.8 Å². The van der Waals surface area contributed by atoms with E-state index in [0.717, 1.165) is 5.69 Å². The molecule has 2 aliphatic carbocycles. The topological polar surface area (TPSA) is 12.9 Å². The molecule has 0 fully saturated rings. The average Bonchev–Trinajstić information content (AvgIpc) is 2.76. The Balaban J connectivity index is 1.86. The summed E-state index contributed by atoms with van der Waals surface area (Å²) in [4.78, 5) is 4.50. The Morgan fingerprint density at radius 1 is 1.09 bits per heavy atom. The van der Waals surface area contributed by atoms with E-state index in [1.54, 1.807) is 0 Å². The highest BCUT2D eigenvalue weighted by Crippen LogP contribution is 2.53. The van der Waals surface area contributed by atoms with Crippen molar-refractivity contribution in [2.45, 2.75) is 32.1 Å². The van der Waals surface area contributed by atoms with Crippen molar-refractivity contribution < 1.29 is 0 Å². The largest absolute Gasteiger partial charge is 0.256 e. The summed E-state index contributed by atoms with van der Waals surface area (Å²) in [5.41, 5.74) is 6.77. The van der Waals surface area contributed by atoms with Crippen LogP contribution in [0.4, 0.5) is 0 Å². The molecule has 0 spiro atoms. The first-order valence-corrected chi connectivity index (χ1v) is 8.00. The van der Waals surface area contributed by atoms with E-state index >= 15 is 0 Å². The van der Waals surface area contributed by atoms with Crippen LogP contribution in [0.5, 0.6) is 0 Å². The van der Waals surface area contributed by atoms with Gasteiger partial charge in [0.1, 0.15) is 0 Å². The van der Waals surface area contributed by atoms with Crippen molar-refractivity contribution in [1.29, 1.82) is 0 Å². The molecule has 1 heterocycles. The molecule has 2 aliphatic rings. The Bertz CT molecular complexity index is 781. The summed E-state index contributed by atoms with van der Waals surface area (Å²) in [5, 5.41) is 0. The molecule has 0 radical (unpaired) electrons. The predicted molar refractivity (Wildman–Crippen MR) is 91.8 cm³/mol. The van der Waals surface area contributed by atoms with Crippen LogP contribution < -0.4 is 0 Å². The van der Waals surface area contributed by atoms with Gasteiger partial charge in [0, 0.05) is 17.7 Å². The number of hydrogen-bond donors (Lipinski definition) is 0. The fourth-order valence-electron chi connectivity index (χ4n) is 4.05. The number of aromatic nitrogens is 1. The van der Waals surface area contributed by atoms with Gasteiger partial charge in [-0.25, -0.2) is 0 Å². The van der Waals surface area contributed by atoms with Gasteiger partial charge in [-0.05, 0) is 47.6 Å². The first-order chi connectivity index (χ1) is 10.6. The summed E-state index contributed by atoms with van der Waals surface area (Å²) in [5.74, 6) is 1.08. The zero-order chi connectivity index (χ0) is 15.3. The van der Waals surface area contributed by atoms with Crippen LogP contribution >= 0.6 is 0 Å². The van der Waals surface area contributed by atoms with E-state index in [4.69, 9.17) is 0 Å². The van der Waals surface area contributed by atoms with Gasteiger partial charge >= 0.3 is 0 Å². The fourth-order valence-corrected chi connectivity index (χ4v) is 4.05. The van der Waals surface area contributed by atoms with Crippen LogP contribution in [0.25, 0.3) is 11.3 Å². The van der Waals surface area contributed by atoms with Crippen molar-refractivity contribution in [2.75, 3.05) is 0 Å². The molecule has 1 heteroatoms. The number of nitrogens with zero attached hydrogens (tertiary/aromatic N) is 1. The summed E-state index contributed by atoms with van der Waals surface area (Å²) in [6.45, 7) is 6.95. The van der Waals surface area contributed by atoms with E-state index in [1.165, 1.54) is 22.3 Å². The summed E-state index contributed by atoms with van der Waals surface area (Å²) in [7, 11) is 0. The van der Waals surface area contributed by atoms with Crippen molar-refractivity contribution >= 4 is 0 Å². The molecule has 4 rings (SSSR count). The minimum absolute atomic E-state index is 0.164. The standard InChI is InChI=1S/C21H21N/c1-14-7-9-16-17-10-8-15(20-6-4-5-11-22-20)13-19(17)21(2,3)18(16)12-14/h4-13,16,18H,1-3H3/t16-,18-/m0/s1. The maximum Gasteiger partial charge on any atom is 0.0702 e. The van der Waals surface area contributed by atoms with Crippen LogP contribution in [0, 0.1) is 5.92 Å². The third-order valence-corrected chi connectivity index (χ3v) is 5.30. The molecular weight excluding hydrogens is 266 g/mol. The molecule has 2 atom stereocenters. The fraction of sp³-hybridized carbons (Fsp3) is 0.286. The second kappa shape index (κ2) is 4.67. The van der Waals surface area contributed by atoms with Crippen molar-refractivity contribution in [3.05, 3.63) is 77.5 Å². The normalized spacial score (nSPS) is 24.6. The lowest BCUT2D eigenvalue weighted by molar-refractivity contribution is 0.392. The minimum Gasteiger partial charge on any atom is -0.256 e. The molecule has 0 N–H and O–H groups in total. The number of pyridine rings is 1. The molecule has 1 nitrogen and oxygen atoms in total. The van der Waals surface area contributed by atoms with Gasteiger partial charge in [-0.2, -0.15) is 0 Å². The first kappa shape index (κ1) is 13.5. The molecule has 22 heavy (non-hydrogen) atoms. The van der Waals surface area contributed by atoms with E-state index < -0.39 is 0 Å². The third kappa shape index (κ3) is 1.89. The number of hydrogen-bond acceptors (Lipinski definition) is 1. The van der Waals surface area contributed by atoms with Gasteiger partial charge in [0.2, 0.25) is 0 Å². The van der Waals surface area contributed by atoms with Crippen LogP contribution in [0.1, 0.15) is 37.8 Å². The SMILES string of the molecule is CC1=C[C@H]2[C@@H](C=C1)c1ccc(-c3ccccn3)cc1C2(C)C. The lowest BCUT2D eigenvalue weighted by Crippen LogP contribution is -2.25. The molecule has 110 valence electrons. The summed E-state index contributed by atoms with van der Waals surface area (Å²) in [6.07, 6.45) is 8.96. The Hall–Kier alpha value is -2.15. The van der Waals surface area contributed by atoms with Crippen molar-refractivity contribution in [3.8, 4) is 11.3 Å². The quantitative estimate of drug-likeness (QED) is 0.697. The molecule has 0 aliphatic heterocycles. The number of benzene rings is 1. The van der Waals surface area contributed by atoms with Gasteiger partial charge in [0.25, 0.3) is 0 Å². The first-order valence-electron chi connectivity index (χ1n) is 8.00. The monoisotopic (exact) mass is 287 g/mol. The second-order valence-electron chi connectivity index (χ2n) is 7.06. The zero-order valence-corrected chi connectivity index (χ0v) is 13.4. The predicted octanol–water partition coefficient (Wildman–Crippen LogP) is 5.26. The van der Waals surface area contributed by atoms with Crippen LogP contribution in [-0.4, -0.2) is 4.98 Å². The van der Waals surface area contributed by atoms with E-state index in [2.05, 4.69) is 74.3 Å². The average molecular weight is 287 g/mol. The minimum atomic E-state index is 0.164. The number of allylic oxidation sites excluding steroid dienone is 4. The van der Waals surface area contributed by atoms with Crippen molar-refractivity contribution in [2.24, 2.45) is 5.92 Å². The Kier molecular flexibility index (Phi) is 2.87. The molecule has 0 saturated heterocycles. The number of fused-ring (bicyclic) bond motifs is 3. The second-order valence-corrected chi connectivity index (χ2v) is 7.06. The van der Waals surface area contributed by atoms with Crippen LogP contribution in [0.3, 0.4) is 0 Å². The third-order valence-electron chi connectivity index (χ3n) is 5.30. The maximum absolute atomic E-state index is 4.50. The summed E-state index contributed by atoms with van der Waals surface area (Å²) >= 11 is 0. The molecule has 0 bridgehead atoms. The van der Waals surface area contributed by atoms with Gasteiger partial charge < -0.3 is 0 Å². The van der Waals surface area contributed by atoms with Gasteiger partial charge in [0.15, 0.2) is 0 Å². The molecule has 0 unspecified atom stereocenters. The number of rotatable bonds is 1. The smallest absolute Gasteiger partial charge is 0.0702 e. The molecule has 0 amide bonds. The Labute approximate surface area is 132 Å². The molecule has 1 aromatic carbocycles. The Morgan fingerprint density at radius 3 is 2.73 bits per heavy atom. The lowest BCUT2D eigenvalue weighted by Gasteiger charge is -2.30. The summed E-state index contributed by atoms with van der Waals surface area (Å²) < 4.78 is 0. The van der Waals surface area contributed by atoms with E-state index in [1.807, 2.05) is 12.3 Å². The van der Waals surface area contributed by atoms with Crippen LogP contribution in [-0.2, 0) is 5.41 Å². The highest BCUT2D eigenvalue weighted by atomic mass is 14.7. The van der Waals surface area contributed by atoms with Gasteiger partial charge in [-0.15, -0.1) is 0 Å². The van der Waals surface area contributed by atoms with Crippen molar-refractivity contribution in [3.63, 3.8) is 0 Å².